The minimum absolute atomic E-state index is 0.184. The maximum absolute atomic E-state index is 13.6. The molecule has 7 heteroatoms. The van der Waals surface area contributed by atoms with Gasteiger partial charge in [0.2, 0.25) is 5.91 Å². The average Bonchev–Trinajstić information content (AvgIpc) is 3.19. The zero-order valence-electron chi connectivity index (χ0n) is 15.0. The van der Waals surface area contributed by atoms with Gasteiger partial charge in [-0.1, -0.05) is 6.07 Å². The molecule has 1 heterocycles. The lowest BCUT2D eigenvalue weighted by Gasteiger charge is -2.19. The van der Waals surface area contributed by atoms with E-state index in [4.69, 9.17) is 0 Å². The molecule has 1 saturated heterocycles. The first-order valence-electron chi connectivity index (χ1n) is 8.86. The zero-order chi connectivity index (χ0) is 19.4. The lowest BCUT2D eigenvalue weighted by atomic mass is 10.2. The first-order chi connectivity index (χ1) is 12.9. The number of hydrogen-bond acceptors (Lipinski definition) is 3. The monoisotopic (exact) mass is 481 g/mol. The summed E-state index contributed by atoms with van der Waals surface area (Å²) < 4.78 is 14.1. The van der Waals surface area contributed by atoms with Crippen LogP contribution in [0.25, 0.3) is 0 Å². The van der Waals surface area contributed by atoms with Gasteiger partial charge < -0.3 is 15.5 Å². The van der Waals surface area contributed by atoms with Crippen LogP contribution in [0.15, 0.2) is 42.5 Å². The van der Waals surface area contributed by atoms with Gasteiger partial charge in [0.25, 0.3) is 5.91 Å². The summed E-state index contributed by atoms with van der Waals surface area (Å²) in [6.45, 7) is 3.65. The molecule has 27 heavy (non-hydrogen) atoms. The minimum atomic E-state index is -0.754. The molecule has 1 fully saturated rings. The highest BCUT2D eigenvalue weighted by molar-refractivity contribution is 14.1. The molecule has 0 bridgehead atoms. The second kappa shape index (κ2) is 8.69. The van der Waals surface area contributed by atoms with Crippen LogP contribution in [0.4, 0.5) is 15.8 Å². The number of nitrogens with zero attached hydrogens (tertiary/aromatic N) is 1. The van der Waals surface area contributed by atoms with E-state index in [1.165, 1.54) is 31.0 Å². The first-order valence-corrected chi connectivity index (χ1v) is 9.94. The molecular weight excluding hydrogens is 460 g/mol. The lowest BCUT2D eigenvalue weighted by Crippen LogP contribution is -2.41. The Morgan fingerprint density at radius 2 is 1.89 bits per heavy atom. The number of carbonyl (C=O) groups is 2. The summed E-state index contributed by atoms with van der Waals surface area (Å²) in [6.07, 6.45) is 2.36. The van der Waals surface area contributed by atoms with Crippen molar-refractivity contribution in [3.63, 3.8) is 0 Å². The predicted octanol–water partition coefficient (Wildman–Crippen LogP) is 3.79. The number of amides is 2. The molecule has 1 aliphatic rings. The Kier molecular flexibility index (Phi) is 6.30. The fourth-order valence-corrected chi connectivity index (χ4v) is 3.32. The van der Waals surface area contributed by atoms with Gasteiger partial charge in [0.1, 0.15) is 11.9 Å². The van der Waals surface area contributed by atoms with Crippen molar-refractivity contribution in [3.8, 4) is 0 Å². The van der Waals surface area contributed by atoms with Gasteiger partial charge in [-0.15, -0.1) is 0 Å². The summed E-state index contributed by atoms with van der Waals surface area (Å²) in [4.78, 5) is 26.9. The summed E-state index contributed by atoms with van der Waals surface area (Å²) in [5.41, 5.74) is 1.95. The quantitative estimate of drug-likeness (QED) is 0.640. The molecule has 142 valence electrons. The van der Waals surface area contributed by atoms with Crippen molar-refractivity contribution in [3.05, 3.63) is 57.4 Å². The number of nitrogens with one attached hydrogen (secondary N) is 2. The molecule has 2 aromatic rings. The fourth-order valence-electron chi connectivity index (χ4n) is 2.99. The number of rotatable bonds is 5. The third-order valence-corrected chi connectivity index (χ3v) is 5.38. The van der Waals surface area contributed by atoms with Gasteiger partial charge in [-0.2, -0.15) is 0 Å². The van der Waals surface area contributed by atoms with Gasteiger partial charge in [0.05, 0.1) is 0 Å². The molecule has 2 amide bonds. The Labute approximate surface area is 171 Å². The van der Waals surface area contributed by atoms with Crippen molar-refractivity contribution in [2.75, 3.05) is 23.3 Å². The van der Waals surface area contributed by atoms with E-state index in [1.807, 2.05) is 46.9 Å². The van der Waals surface area contributed by atoms with Crippen LogP contribution in [-0.4, -0.2) is 30.9 Å². The first kappa shape index (κ1) is 19.6. The Hall–Kier alpha value is -2.16. The van der Waals surface area contributed by atoms with Crippen LogP contribution in [0.2, 0.25) is 0 Å². The standard InChI is InChI=1S/C20H21FIN3O2/c1-13(23-20(27)14-7-8-18(22)17(21)11-14)19(26)24-15-5-4-6-16(12-15)25-9-2-3-10-25/h4-8,11-13H,2-3,9-10H2,1H3,(H,23,27)(H,24,26). The average molecular weight is 481 g/mol. The smallest absolute Gasteiger partial charge is 0.252 e. The van der Waals surface area contributed by atoms with E-state index < -0.39 is 17.8 Å². The number of anilines is 2. The summed E-state index contributed by atoms with van der Waals surface area (Å²) in [7, 11) is 0. The lowest BCUT2D eigenvalue weighted by molar-refractivity contribution is -0.117. The molecule has 0 radical (unpaired) electrons. The van der Waals surface area contributed by atoms with Gasteiger partial charge in [-0.3, -0.25) is 9.59 Å². The van der Waals surface area contributed by atoms with E-state index in [1.54, 1.807) is 6.92 Å². The largest absolute Gasteiger partial charge is 0.371 e. The molecule has 0 spiro atoms. The molecule has 3 rings (SSSR count). The summed E-state index contributed by atoms with van der Waals surface area (Å²) >= 11 is 1.86. The number of carbonyl (C=O) groups excluding carboxylic acids is 2. The zero-order valence-corrected chi connectivity index (χ0v) is 17.1. The Bertz CT molecular complexity index is 853. The van der Waals surface area contributed by atoms with Gasteiger partial charge in [0, 0.05) is 33.6 Å². The Morgan fingerprint density at radius 1 is 1.15 bits per heavy atom. The number of benzene rings is 2. The predicted molar refractivity (Wildman–Crippen MR) is 113 cm³/mol. The van der Waals surface area contributed by atoms with E-state index in [2.05, 4.69) is 15.5 Å². The molecule has 1 aliphatic heterocycles. The molecule has 1 unspecified atom stereocenters. The van der Waals surface area contributed by atoms with Crippen molar-refractivity contribution in [2.24, 2.45) is 0 Å². The van der Waals surface area contributed by atoms with Crippen molar-refractivity contribution in [1.82, 2.24) is 5.32 Å². The maximum atomic E-state index is 13.6. The highest BCUT2D eigenvalue weighted by Crippen LogP contribution is 2.23. The van der Waals surface area contributed by atoms with Gasteiger partial charge in [-0.25, -0.2) is 4.39 Å². The van der Waals surface area contributed by atoms with Crippen molar-refractivity contribution >= 4 is 45.8 Å². The second-order valence-corrected chi connectivity index (χ2v) is 7.72. The Morgan fingerprint density at radius 3 is 2.59 bits per heavy atom. The Balaban J connectivity index is 1.61. The molecule has 1 atom stereocenters. The molecule has 0 saturated carbocycles. The minimum Gasteiger partial charge on any atom is -0.371 e. The van der Waals surface area contributed by atoms with Crippen molar-refractivity contribution < 1.29 is 14.0 Å². The second-order valence-electron chi connectivity index (χ2n) is 6.56. The van der Waals surface area contributed by atoms with Gasteiger partial charge in [-0.05, 0) is 78.8 Å². The van der Waals surface area contributed by atoms with Crippen LogP contribution < -0.4 is 15.5 Å². The van der Waals surface area contributed by atoms with Gasteiger partial charge in [0.15, 0.2) is 0 Å². The molecule has 2 N–H and O–H groups in total. The van der Waals surface area contributed by atoms with E-state index in [9.17, 15) is 14.0 Å². The van der Waals surface area contributed by atoms with Gasteiger partial charge >= 0.3 is 0 Å². The van der Waals surface area contributed by atoms with E-state index >= 15 is 0 Å². The van der Waals surface area contributed by atoms with Crippen molar-refractivity contribution in [1.29, 1.82) is 0 Å². The van der Waals surface area contributed by atoms with Crippen LogP contribution in [-0.2, 0) is 4.79 Å². The highest BCUT2D eigenvalue weighted by Gasteiger charge is 2.18. The van der Waals surface area contributed by atoms with E-state index in [0.717, 1.165) is 18.8 Å². The normalized spacial score (nSPS) is 14.7. The highest BCUT2D eigenvalue weighted by atomic mass is 127. The van der Waals surface area contributed by atoms with Crippen LogP contribution >= 0.6 is 22.6 Å². The van der Waals surface area contributed by atoms with Crippen molar-refractivity contribution in [2.45, 2.75) is 25.8 Å². The molecule has 5 nitrogen and oxygen atoms in total. The summed E-state index contributed by atoms with van der Waals surface area (Å²) in [6, 6.07) is 11.2. The third-order valence-electron chi connectivity index (χ3n) is 4.51. The number of hydrogen-bond donors (Lipinski definition) is 2. The van der Waals surface area contributed by atoms with E-state index in [0.29, 0.717) is 9.26 Å². The topological polar surface area (TPSA) is 61.4 Å². The van der Waals surface area contributed by atoms with E-state index in [-0.39, 0.29) is 11.5 Å². The maximum Gasteiger partial charge on any atom is 0.252 e. The summed E-state index contributed by atoms with van der Waals surface area (Å²) in [5.74, 6) is -1.27. The molecule has 0 aliphatic carbocycles. The molecule has 0 aromatic heterocycles. The SMILES string of the molecule is CC(NC(=O)c1ccc(I)c(F)c1)C(=O)Nc1cccc(N2CCCC2)c1. The number of halogens is 2. The van der Waals surface area contributed by atoms with Crippen LogP contribution in [0, 0.1) is 9.39 Å². The van der Waals surface area contributed by atoms with Crippen LogP contribution in [0.1, 0.15) is 30.1 Å². The van der Waals surface area contributed by atoms with Crippen LogP contribution in [0.5, 0.6) is 0 Å². The fraction of sp³-hybridized carbons (Fsp3) is 0.300. The molecule has 2 aromatic carbocycles. The molecular formula is C20H21FIN3O2. The summed E-state index contributed by atoms with van der Waals surface area (Å²) in [5, 5.41) is 5.43. The third kappa shape index (κ3) is 4.97. The van der Waals surface area contributed by atoms with Crippen LogP contribution in [0.3, 0.4) is 0 Å².